The average Bonchev–Trinajstić information content (AvgIpc) is 2.90. The Labute approximate surface area is 117 Å². The summed E-state index contributed by atoms with van der Waals surface area (Å²) in [5, 5.41) is 2.75. The van der Waals surface area contributed by atoms with Crippen molar-refractivity contribution in [2.45, 2.75) is 25.1 Å². The van der Waals surface area contributed by atoms with Crippen molar-refractivity contribution in [3.63, 3.8) is 0 Å². The Kier molecular flexibility index (Phi) is 4.63. The Morgan fingerprint density at radius 3 is 2.79 bits per heavy atom. The molecule has 3 nitrogen and oxygen atoms in total. The van der Waals surface area contributed by atoms with Gasteiger partial charge in [-0.15, -0.1) is 11.6 Å². The van der Waals surface area contributed by atoms with Gasteiger partial charge in [-0.3, -0.25) is 4.79 Å². The number of hydrogen-bond acceptors (Lipinski definition) is 2. The fourth-order valence-corrected chi connectivity index (χ4v) is 2.05. The first-order chi connectivity index (χ1) is 9.16. The zero-order valence-corrected chi connectivity index (χ0v) is 11.5. The van der Waals surface area contributed by atoms with Gasteiger partial charge in [0.05, 0.1) is 11.6 Å². The number of rotatable bonds is 5. The lowest BCUT2D eigenvalue weighted by Gasteiger charge is -2.12. The van der Waals surface area contributed by atoms with E-state index in [0.29, 0.717) is 12.8 Å². The van der Waals surface area contributed by atoms with Crippen molar-refractivity contribution in [2.24, 2.45) is 0 Å². The molecule has 1 N–H and O–H groups in total. The predicted molar refractivity (Wildman–Crippen MR) is 76.4 cm³/mol. The second-order valence-corrected chi connectivity index (χ2v) is 4.99. The summed E-state index contributed by atoms with van der Waals surface area (Å²) in [6, 6.07) is 11.2. The maximum atomic E-state index is 11.9. The summed E-state index contributed by atoms with van der Waals surface area (Å²) in [6.45, 7) is 1.88. The van der Waals surface area contributed by atoms with E-state index >= 15 is 0 Å². The molecule has 1 aromatic carbocycles. The molecule has 100 valence electrons. The topological polar surface area (TPSA) is 42.2 Å². The molecule has 19 heavy (non-hydrogen) atoms. The monoisotopic (exact) mass is 277 g/mol. The van der Waals surface area contributed by atoms with E-state index in [1.54, 1.807) is 6.26 Å². The third kappa shape index (κ3) is 3.86. The number of para-hydroxylation sites is 1. The van der Waals surface area contributed by atoms with E-state index in [4.69, 9.17) is 16.0 Å². The first-order valence-corrected chi connectivity index (χ1v) is 6.65. The van der Waals surface area contributed by atoms with Gasteiger partial charge in [0, 0.05) is 18.5 Å². The van der Waals surface area contributed by atoms with Crippen LogP contribution in [-0.2, 0) is 11.2 Å². The van der Waals surface area contributed by atoms with E-state index in [1.807, 2.05) is 43.3 Å². The summed E-state index contributed by atoms with van der Waals surface area (Å²) in [5.74, 6) is 0.773. The Bertz CT molecular complexity index is 535. The van der Waals surface area contributed by atoms with Crippen LogP contribution in [0.3, 0.4) is 0 Å². The van der Waals surface area contributed by atoms with Crippen molar-refractivity contribution in [2.75, 3.05) is 5.32 Å². The number of aryl methyl sites for hydroxylation is 1. The minimum Gasteiger partial charge on any atom is -0.469 e. The highest BCUT2D eigenvalue weighted by Crippen LogP contribution is 2.27. The van der Waals surface area contributed by atoms with Crippen molar-refractivity contribution in [3.8, 4) is 0 Å². The lowest BCUT2D eigenvalue weighted by atomic mass is 10.1. The summed E-state index contributed by atoms with van der Waals surface area (Å²) in [7, 11) is 0. The van der Waals surface area contributed by atoms with Gasteiger partial charge in [-0.05, 0) is 30.7 Å². The van der Waals surface area contributed by atoms with Gasteiger partial charge in [0.2, 0.25) is 5.91 Å². The van der Waals surface area contributed by atoms with Crippen LogP contribution in [0.4, 0.5) is 5.69 Å². The second-order valence-electron chi connectivity index (χ2n) is 4.33. The Morgan fingerprint density at radius 2 is 2.11 bits per heavy atom. The van der Waals surface area contributed by atoms with Crippen LogP contribution in [0.15, 0.2) is 47.1 Å². The van der Waals surface area contributed by atoms with E-state index < -0.39 is 0 Å². The molecule has 0 fully saturated rings. The molecule has 0 aliphatic heterocycles. The summed E-state index contributed by atoms with van der Waals surface area (Å²) < 4.78 is 5.19. The number of nitrogens with one attached hydrogen (secondary N) is 1. The molecule has 0 spiro atoms. The standard InChI is InChI=1S/C15H16ClNO2/c1-11(16)13-6-2-3-7-14(13)17-15(18)9-8-12-5-4-10-19-12/h2-7,10-11H,8-9H2,1H3,(H,17,18). The number of carbonyl (C=O) groups excluding carboxylic acids is 1. The smallest absolute Gasteiger partial charge is 0.224 e. The van der Waals surface area contributed by atoms with Crippen molar-refractivity contribution in [1.82, 2.24) is 0 Å². The molecule has 1 atom stereocenters. The van der Waals surface area contributed by atoms with Gasteiger partial charge in [-0.2, -0.15) is 0 Å². The molecule has 1 aromatic heterocycles. The highest BCUT2D eigenvalue weighted by Gasteiger charge is 2.10. The fraction of sp³-hybridized carbons (Fsp3) is 0.267. The zero-order chi connectivity index (χ0) is 13.7. The number of halogens is 1. The van der Waals surface area contributed by atoms with E-state index in [0.717, 1.165) is 17.0 Å². The van der Waals surface area contributed by atoms with Crippen molar-refractivity contribution in [3.05, 3.63) is 54.0 Å². The minimum atomic E-state index is -0.137. The van der Waals surface area contributed by atoms with Crippen LogP contribution < -0.4 is 5.32 Å². The van der Waals surface area contributed by atoms with E-state index in [1.165, 1.54) is 0 Å². The number of carbonyl (C=O) groups is 1. The van der Waals surface area contributed by atoms with Crippen molar-refractivity contribution >= 4 is 23.2 Å². The lowest BCUT2D eigenvalue weighted by Crippen LogP contribution is -2.13. The molecule has 0 aliphatic carbocycles. The van der Waals surface area contributed by atoms with Crippen LogP contribution >= 0.6 is 11.6 Å². The van der Waals surface area contributed by atoms with E-state index in [2.05, 4.69) is 5.32 Å². The average molecular weight is 278 g/mol. The summed E-state index contributed by atoms with van der Waals surface area (Å²) in [5.41, 5.74) is 1.70. The Morgan fingerprint density at radius 1 is 1.32 bits per heavy atom. The molecular weight excluding hydrogens is 262 g/mol. The van der Waals surface area contributed by atoms with Crippen molar-refractivity contribution in [1.29, 1.82) is 0 Å². The maximum absolute atomic E-state index is 11.9. The van der Waals surface area contributed by atoms with Crippen LogP contribution in [-0.4, -0.2) is 5.91 Å². The Balaban J connectivity index is 1.95. The summed E-state index contributed by atoms with van der Waals surface area (Å²) in [6.07, 6.45) is 2.59. The number of anilines is 1. The van der Waals surface area contributed by atoms with Crippen LogP contribution in [0.25, 0.3) is 0 Å². The van der Waals surface area contributed by atoms with Gasteiger partial charge in [0.25, 0.3) is 0 Å². The predicted octanol–water partition coefficient (Wildman–Crippen LogP) is 4.15. The normalized spacial score (nSPS) is 12.1. The van der Waals surface area contributed by atoms with Crippen LogP contribution in [0.2, 0.25) is 0 Å². The lowest BCUT2D eigenvalue weighted by molar-refractivity contribution is -0.116. The number of hydrogen-bond donors (Lipinski definition) is 1. The highest BCUT2D eigenvalue weighted by molar-refractivity contribution is 6.21. The van der Waals surface area contributed by atoms with Crippen LogP contribution in [0.1, 0.15) is 30.0 Å². The minimum absolute atomic E-state index is 0.0406. The molecule has 2 aromatic rings. The molecule has 0 radical (unpaired) electrons. The summed E-state index contributed by atoms with van der Waals surface area (Å²) >= 11 is 6.08. The zero-order valence-electron chi connectivity index (χ0n) is 10.7. The third-order valence-corrected chi connectivity index (χ3v) is 3.08. The molecule has 1 amide bonds. The fourth-order valence-electron chi connectivity index (χ4n) is 1.86. The molecule has 0 saturated heterocycles. The van der Waals surface area contributed by atoms with E-state index in [9.17, 15) is 4.79 Å². The number of benzene rings is 1. The second kappa shape index (κ2) is 6.43. The SMILES string of the molecule is CC(Cl)c1ccccc1NC(=O)CCc1ccco1. The molecule has 0 bridgehead atoms. The molecular formula is C15H16ClNO2. The number of alkyl halides is 1. The molecule has 0 aliphatic rings. The third-order valence-electron chi connectivity index (χ3n) is 2.84. The van der Waals surface area contributed by atoms with Crippen LogP contribution in [0, 0.1) is 0 Å². The quantitative estimate of drug-likeness (QED) is 0.834. The number of amides is 1. The maximum Gasteiger partial charge on any atom is 0.224 e. The van der Waals surface area contributed by atoms with Gasteiger partial charge < -0.3 is 9.73 Å². The molecule has 0 saturated carbocycles. The first-order valence-electron chi connectivity index (χ1n) is 6.22. The van der Waals surface area contributed by atoms with Gasteiger partial charge >= 0.3 is 0 Å². The molecule has 1 heterocycles. The first kappa shape index (κ1) is 13.7. The molecule has 4 heteroatoms. The van der Waals surface area contributed by atoms with Gasteiger partial charge in [0.1, 0.15) is 5.76 Å². The largest absolute Gasteiger partial charge is 0.469 e. The summed E-state index contributed by atoms with van der Waals surface area (Å²) in [4.78, 5) is 11.9. The molecule has 1 unspecified atom stereocenters. The van der Waals surface area contributed by atoms with Crippen molar-refractivity contribution < 1.29 is 9.21 Å². The number of furan rings is 1. The van der Waals surface area contributed by atoms with E-state index in [-0.39, 0.29) is 11.3 Å². The van der Waals surface area contributed by atoms with Gasteiger partial charge in [-0.25, -0.2) is 0 Å². The van der Waals surface area contributed by atoms with Gasteiger partial charge in [0.15, 0.2) is 0 Å². The Hall–Kier alpha value is -1.74. The van der Waals surface area contributed by atoms with Crippen LogP contribution in [0.5, 0.6) is 0 Å². The highest BCUT2D eigenvalue weighted by atomic mass is 35.5. The molecule has 2 rings (SSSR count). The van der Waals surface area contributed by atoms with Gasteiger partial charge in [-0.1, -0.05) is 18.2 Å².